The molecule has 3 heterocycles. The fourth-order valence-electron chi connectivity index (χ4n) is 3.20. The van der Waals surface area contributed by atoms with Crippen LogP contribution in [0.2, 0.25) is 0 Å². The van der Waals surface area contributed by atoms with Gasteiger partial charge in [-0.05, 0) is 31.2 Å². The zero-order valence-electron chi connectivity index (χ0n) is 16.0. The average Bonchev–Trinajstić information content (AvgIpc) is 3.37. The van der Waals surface area contributed by atoms with Crippen LogP contribution in [0.3, 0.4) is 0 Å². The second-order valence-electron chi connectivity index (χ2n) is 6.77. The van der Waals surface area contributed by atoms with Crippen molar-refractivity contribution in [2.45, 2.75) is 18.9 Å². The van der Waals surface area contributed by atoms with E-state index in [2.05, 4.69) is 15.1 Å². The van der Waals surface area contributed by atoms with Gasteiger partial charge in [-0.1, -0.05) is 0 Å². The molecule has 0 amide bonds. The number of nitrogens with zero attached hydrogens (tertiary/aromatic N) is 4. The van der Waals surface area contributed by atoms with Crippen LogP contribution in [0.15, 0.2) is 50.5 Å². The molecule has 29 heavy (non-hydrogen) atoms. The Bertz CT molecular complexity index is 1130. The minimum absolute atomic E-state index is 0.0148. The number of rotatable bonds is 5. The SMILES string of the molecule is CC(=O)c1ccc(N2CCN(S(=O)(=O)c3cc(-c4nnc(C)o4)co3)CC2)cc1. The summed E-state index contributed by atoms with van der Waals surface area (Å²) in [5, 5.41) is 7.46. The van der Waals surface area contributed by atoms with Gasteiger partial charge in [0.2, 0.25) is 11.0 Å². The first-order valence-corrected chi connectivity index (χ1v) is 10.5. The molecule has 1 aliphatic rings. The fraction of sp³-hybridized carbons (Fsp3) is 0.316. The Kier molecular flexibility index (Phi) is 4.97. The van der Waals surface area contributed by atoms with Crippen molar-refractivity contribution in [1.82, 2.24) is 14.5 Å². The van der Waals surface area contributed by atoms with Crippen LogP contribution in [-0.4, -0.2) is 54.9 Å². The van der Waals surface area contributed by atoms with Gasteiger partial charge < -0.3 is 13.7 Å². The molecule has 0 radical (unpaired) electrons. The number of aromatic nitrogens is 2. The summed E-state index contributed by atoms with van der Waals surface area (Å²) >= 11 is 0. The van der Waals surface area contributed by atoms with Crippen LogP contribution >= 0.6 is 0 Å². The Labute approximate surface area is 168 Å². The Hall–Kier alpha value is -2.98. The van der Waals surface area contributed by atoms with Crippen molar-refractivity contribution in [3.05, 3.63) is 48.0 Å². The summed E-state index contributed by atoms with van der Waals surface area (Å²) in [7, 11) is -3.76. The van der Waals surface area contributed by atoms with Crippen molar-refractivity contribution in [3.63, 3.8) is 0 Å². The Morgan fingerprint density at radius 3 is 2.34 bits per heavy atom. The van der Waals surface area contributed by atoms with Crippen molar-refractivity contribution < 1.29 is 22.0 Å². The normalized spacial score (nSPS) is 15.6. The maximum absolute atomic E-state index is 12.9. The van der Waals surface area contributed by atoms with Gasteiger partial charge in [0.05, 0.1) is 5.56 Å². The Balaban J connectivity index is 1.45. The van der Waals surface area contributed by atoms with Gasteiger partial charge in [0.25, 0.3) is 15.9 Å². The van der Waals surface area contributed by atoms with Gasteiger partial charge in [0.15, 0.2) is 5.78 Å². The number of carbonyl (C=O) groups is 1. The number of aryl methyl sites for hydroxylation is 1. The van der Waals surface area contributed by atoms with Gasteiger partial charge in [-0.25, -0.2) is 8.42 Å². The zero-order valence-corrected chi connectivity index (χ0v) is 16.8. The van der Waals surface area contributed by atoms with E-state index in [-0.39, 0.29) is 16.8 Å². The number of Topliss-reactive ketones (excluding diaryl/α,β-unsaturated/α-hetero) is 1. The molecule has 0 atom stereocenters. The maximum atomic E-state index is 12.9. The quantitative estimate of drug-likeness (QED) is 0.583. The van der Waals surface area contributed by atoms with Crippen LogP contribution < -0.4 is 4.90 Å². The molecule has 9 nitrogen and oxygen atoms in total. The number of piperazine rings is 1. The second-order valence-corrected chi connectivity index (χ2v) is 8.64. The van der Waals surface area contributed by atoms with Gasteiger partial charge in [0.1, 0.15) is 6.26 Å². The first-order valence-electron chi connectivity index (χ1n) is 9.10. The summed E-state index contributed by atoms with van der Waals surface area (Å²) in [5.74, 6) is 0.616. The highest BCUT2D eigenvalue weighted by Crippen LogP contribution is 2.27. The van der Waals surface area contributed by atoms with Crippen LogP contribution in [0.4, 0.5) is 5.69 Å². The molecule has 152 valence electrons. The summed E-state index contributed by atoms with van der Waals surface area (Å²) in [4.78, 5) is 13.5. The summed E-state index contributed by atoms with van der Waals surface area (Å²) in [5.41, 5.74) is 2.03. The second kappa shape index (κ2) is 7.45. The predicted molar refractivity (Wildman–Crippen MR) is 104 cm³/mol. The van der Waals surface area contributed by atoms with E-state index in [0.29, 0.717) is 43.2 Å². The molecule has 3 aromatic rings. The van der Waals surface area contributed by atoms with E-state index in [1.54, 1.807) is 19.1 Å². The summed E-state index contributed by atoms with van der Waals surface area (Å²) < 4.78 is 37.8. The molecule has 0 spiro atoms. The molecule has 0 saturated carbocycles. The van der Waals surface area contributed by atoms with E-state index in [0.717, 1.165) is 5.69 Å². The predicted octanol–water partition coefficient (Wildman–Crippen LogP) is 2.35. The highest BCUT2D eigenvalue weighted by Gasteiger charge is 2.31. The molecular weight excluding hydrogens is 396 g/mol. The van der Waals surface area contributed by atoms with Crippen LogP contribution in [0.1, 0.15) is 23.2 Å². The van der Waals surface area contributed by atoms with E-state index in [9.17, 15) is 13.2 Å². The molecule has 1 aliphatic heterocycles. The van der Waals surface area contributed by atoms with E-state index >= 15 is 0 Å². The third-order valence-corrected chi connectivity index (χ3v) is 6.59. The van der Waals surface area contributed by atoms with Crippen molar-refractivity contribution in [1.29, 1.82) is 0 Å². The van der Waals surface area contributed by atoms with Crippen LogP contribution in [0.5, 0.6) is 0 Å². The van der Waals surface area contributed by atoms with Crippen molar-refractivity contribution >= 4 is 21.5 Å². The average molecular weight is 416 g/mol. The van der Waals surface area contributed by atoms with Crippen molar-refractivity contribution in [2.24, 2.45) is 0 Å². The number of anilines is 1. The molecule has 0 bridgehead atoms. The van der Waals surface area contributed by atoms with Gasteiger partial charge in [-0.3, -0.25) is 4.79 Å². The molecule has 0 aliphatic carbocycles. The molecule has 0 N–H and O–H groups in total. The van der Waals surface area contributed by atoms with Crippen LogP contribution in [0.25, 0.3) is 11.5 Å². The number of furan rings is 1. The first kappa shape index (κ1) is 19.3. The molecule has 4 rings (SSSR count). The molecule has 1 saturated heterocycles. The lowest BCUT2D eigenvalue weighted by atomic mass is 10.1. The van der Waals surface area contributed by atoms with E-state index in [1.807, 2.05) is 12.1 Å². The Morgan fingerprint density at radius 1 is 1.07 bits per heavy atom. The number of benzene rings is 1. The minimum atomic E-state index is -3.76. The standard InChI is InChI=1S/C19H20N4O5S/c1-13(24)15-3-5-17(6-4-15)22-7-9-23(10-8-22)29(25,26)18-11-16(12-27-18)19-21-20-14(2)28-19/h3-6,11-12H,7-10H2,1-2H3. The highest BCUT2D eigenvalue weighted by molar-refractivity contribution is 7.89. The van der Waals surface area contributed by atoms with Gasteiger partial charge >= 0.3 is 0 Å². The van der Waals surface area contributed by atoms with Gasteiger partial charge in [-0.15, -0.1) is 10.2 Å². The lowest BCUT2D eigenvalue weighted by Crippen LogP contribution is -2.48. The van der Waals surface area contributed by atoms with Crippen molar-refractivity contribution in [3.8, 4) is 11.5 Å². The van der Waals surface area contributed by atoms with Gasteiger partial charge in [-0.2, -0.15) is 4.31 Å². The van der Waals surface area contributed by atoms with Crippen molar-refractivity contribution in [2.75, 3.05) is 31.1 Å². The maximum Gasteiger partial charge on any atom is 0.276 e. The van der Waals surface area contributed by atoms with Crippen LogP contribution in [0, 0.1) is 6.92 Å². The number of hydrogen-bond donors (Lipinski definition) is 0. The van der Waals surface area contributed by atoms with E-state index in [1.165, 1.54) is 23.6 Å². The third kappa shape index (κ3) is 3.81. The van der Waals surface area contributed by atoms with Crippen LogP contribution in [-0.2, 0) is 10.0 Å². The number of sulfonamides is 1. The fourth-order valence-corrected chi connectivity index (χ4v) is 4.54. The number of hydrogen-bond acceptors (Lipinski definition) is 8. The van der Waals surface area contributed by atoms with E-state index < -0.39 is 10.0 Å². The lowest BCUT2D eigenvalue weighted by Gasteiger charge is -2.34. The molecule has 1 aromatic carbocycles. The monoisotopic (exact) mass is 416 g/mol. The molecule has 1 fully saturated rings. The first-order chi connectivity index (χ1) is 13.8. The largest absolute Gasteiger partial charge is 0.451 e. The molecular formula is C19H20N4O5S. The minimum Gasteiger partial charge on any atom is -0.451 e. The molecule has 10 heteroatoms. The van der Waals surface area contributed by atoms with E-state index in [4.69, 9.17) is 8.83 Å². The third-order valence-electron chi connectivity index (χ3n) is 4.82. The molecule has 0 unspecified atom stereocenters. The summed E-state index contributed by atoms with van der Waals surface area (Å²) in [6.45, 7) is 4.91. The zero-order chi connectivity index (χ0) is 20.6. The summed E-state index contributed by atoms with van der Waals surface area (Å²) in [6.07, 6.45) is 1.30. The highest BCUT2D eigenvalue weighted by atomic mass is 32.2. The molecule has 2 aromatic heterocycles. The Morgan fingerprint density at radius 2 is 1.76 bits per heavy atom. The van der Waals surface area contributed by atoms with Gasteiger partial charge in [0, 0.05) is 50.4 Å². The number of carbonyl (C=O) groups excluding carboxylic acids is 1. The summed E-state index contributed by atoms with van der Waals surface area (Å²) in [6, 6.07) is 8.72. The lowest BCUT2D eigenvalue weighted by molar-refractivity contribution is 0.101. The number of ketones is 1. The smallest absolute Gasteiger partial charge is 0.276 e. The topological polar surface area (TPSA) is 110 Å².